The van der Waals surface area contributed by atoms with Gasteiger partial charge in [0, 0.05) is 12.1 Å². The summed E-state index contributed by atoms with van der Waals surface area (Å²) in [6.07, 6.45) is 1.34. The number of non-ortho nitro benzene ring substituents is 1. The van der Waals surface area contributed by atoms with Crippen LogP contribution in [0.2, 0.25) is 0 Å². The SMILES string of the molecule is CC(C)(CCc1ccc([N+](=O)[O-])cc1)OO. The highest BCUT2D eigenvalue weighted by atomic mass is 17.1. The van der Waals surface area contributed by atoms with E-state index in [-0.39, 0.29) is 5.69 Å². The van der Waals surface area contributed by atoms with Crippen molar-refractivity contribution in [2.45, 2.75) is 32.3 Å². The maximum absolute atomic E-state index is 10.4. The van der Waals surface area contributed by atoms with Crippen LogP contribution in [0.4, 0.5) is 5.69 Å². The monoisotopic (exact) mass is 225 g/mol. The van der Waals surface area contributed by atoms with E-state index in [2.05, 4.69) is 4.89 Å². The standard InChI is InChI=1S/C11H15NO4/c1-11(2,16-15)8-7-9-3-5-10(6-4-9)12(13)14/h3-6,15H,7-8H2,1-2H3. The van der Waals surface area contributed by atoms with Gasteiger partial charge in [0.2, 0.25) is 0 Å². The Bertz CT molecular complexity index is 359. The predicted molar refractivity (Wildman–Crippen MR) is 59.2 cm³/mol. The second-order valence-corrected chi connectivity index (χ2v) is 4.27. The van der Waals surface area contributed by atoms with Crippen molar-refractivity contribution in [1.82, 2.24) is 0 Å². The maximum atomic E-state index is 10.4. The van der Waals surface area contributed by atoms with Gasteiger partial charge in [-0.05, 0) is 32.3 Å². The third-order valence-electron chi connectivity index (χ3n) is 2.41. The molecule has 0 heterocycles. The molecule has 0 spiro atoms. The lowest BCUT2D eigenvalue weighted by Gasteiger charge is -2.19. The molecule has 0 aliphatic heterocycles. The molecular formula is C11H15NO4. The zero-order valence-electron chi connectivity index (χ0n) is 9.34. The minimum atomic E-state index is -0.595. The van der Waals surface area contributed by atoms with Gasteiger partial charge in [-0.15, -0.1) is 0 Å². The smallest absolute Gasteiger partial charge is 0.258 e. The number of benzene rings is 1. The fraction of sp³-hybridized carbons (Fsp3) is 0.455. The Labute approximate surface area is 93.7 Å². The van der Waals surface area contributed by atoms with Crippen LogP contribution in [0.5, 0.6) is 0 Å². The van der Waals surface area contributed by atoms with Crippen LogP contribution in [0, 0.1) is 10.1 Å². The number of aryl methyl sites for hydroxylation is 1. The van der Waals surface area contributed by atoms with E-state index in [1.807, 2.05) is 0 Å². The van der Waals surface area contributed by atoms with E-state index in [4.69, 9.17) is 5.26 Å². The molecule has 0 radical (unpaired) electrons. The van der Waals surface area contributed by atoms with E-state index >= 15 is 0 Å². The zero-order valence-corrected chi connectivity index (χ0v) is 9.34. The lowest BCUT2D eigenvalue weighted by atomic mass is 9.99. The molecule has 1 rings (SSSR count). The first-order valence-electron chi connectivity index (χ1n) is 5.00. The van der Waals surface area contributed by atoms with E-state index in [9.17, 15) is 10.1 Å². The van der Waals surface area contributed by atoms with Crippen LogP contribution in [0.3, 0.4) is 0 Å². The molecule has 0 aromatic heterocycles. The average molecular weight is 225 g/mol. The van der Waals surface area contributed by atoms with Gasteiger partial charge < -0.3 is 0 Å². The Kier molecular flexibility index (Phi) is 3.98. The summed E-state index contributed by atoms with van der Waals surface area (Å²) in [4.78, 5) is 14.3. The summed E-state index contributed by atoms with van der Waals surface area (Å²) in [6, 6.07) is 6.38. The van der Waals surface area contributed by atoms with Gasteiger partial charge in [-0.25, -0.2) is 4.89 Å². The first-order valence-corrected chi connectivity index (χ1v) is 5.00. The molecule has 0 saturated carbocycles. The van der Waals surface area contributed by atoms with Gasteiger partial charge in [-0.2, -0.15) is 0 Å². The molecule has 88 valence electrons. The third-order valence-corrected chi connectivity index (χ3v) is 2.41. The Morgan fingerprint density at radius 3 is 2.38 bits per heavy atom. The van der Waals surface area contributed by atoms with E-state index in [0.717, 1.165) is 5.56 Å². The molecule has 1 aromatic rings. The molecule has 5 nitrogen and oxygen atoms in total. The molecule has 0 unspecified atom stereocenters. The van der Waals surface area contributed by atoms with E-state index in [1.54, 1.807) is 26.0 Å². The predicted octanol–water partition coefficient (Wildman–Crippen LogP) is 2.80. The quantitative estimate of drug-likeness (QED) is 0.475. The molecular weight excluding hydrogens is 210 g/mol. The molecule has 1 N–H and O–H groups in total. The van der Waals surface area contributed by atoms with Gasteiger partial charge in [0.1, 0.15) is 0 Å². The van der Waals surface area contributed by atoms with Crippen molar-refractivity contribution in [3.05, 3.63) is 39.9 Å². The van der Waals surface area contributed by atoms with Crippen molar-refractivity contribution in [1.29, 1.82) is 0 Å². The van der Waals surface area contributed by atoms with Crippen LogP contribution < -0.4 is 0 Å². The van der Waals surface area contributed by atoms with Crippen LogP contribution in [0.25, 0.3) is 0 Å². The minimum absolute atomic E-state index is 0.0846. The van der Waals surface area contributed by atoms with Crippen LogP contribution in [-0.2, 0) is 11.3 Å². The second kappa shape index (κ2) is 5.05. The van der Waals surface area contributed by atoms with Crippen molar-refractivity contribution in [2.24, 2.45) is 0 Å². The molecule has 5 heteroatoms. The highest BCUT2D eigenvalue weighted by molar-refractivity contribution is 5.32. The van der Waals surface area contributed by atoms with E-state index < -0.39 is 10.5 Å². The fourth-order valence-electron chi connectivity index (χ4n) is 1.28. The summed E-state index contributed by atoms with van der Waals surface area (Å²) in [7, 11) is 0. The van der Waals surface area contributed by atoms with Gasteiger partial charge in [-0.1, -0.05) is 12.1 Å². The normalized spacial score (nSPS) is 11.4. The Balaban J connectivity index is 2.59. The molecule has 0 aliphatic carbocycles. The fourth-order valence-corrected chi connectivity index (χ4v) is 1.28. The van der Waals surface area contributed by atoms with E-state index in [0.29, 0.717) is 12.8 Å². The first-order chi connectivity index (χ1) is 7.44. The molecule has 1 aromatic carbocycles. The number of nitro groups is 1. The molecule has 0 bridgehead atoms. The summed E-state index contributed by atoms with van der Waals surface area (Å²) in [6.45, 7) is 3.55. The third kappa shape index (κ3) is 3.60. The Morgan fingerprint density at radius 2 is 1.94 bits per heavy atom. The van der Waals surface area contributed by atoms with E-state index in [1.165, 1.54) is 12.1 Å². The molecule has 0 amide bonds. The zero-order chi connectivity index (χ0) is 12.2. The van der Waals surface area contributed by atoms with Crippen LogP contribution in [0.15, 0.2) is 24.3 Å². The largest absolute Gasteiger partial charge is 0.269 e. The minimum Gasteiger partial charge on any atom is -0.258 e. The van der Waals surface area contributed by atoms with Gasteiger partial charge in [0.15, 0.2) is 0 Å². The van der Waals surface area contributed by atoms with Crippen molar-refractivity contribution >= 4 is 5.69 Å². The highest BCUT2D eigenvalue weighted by Crippen LogP contribution is 2.18. The van der Waals surface area contributed by atoms with Crippen LogP contribution >= 0.6 is 0 Å². The molecule has 0 aliphatic rings. The van der Waals surface area contributed by atoms with Gasteiger partial charge in [0.25, 0.3) is 5.69 Å². The summed E-state index contributed by atoms with van der Waals surface area (Å²) < 4.78 is 0. The topological polar surface area (TPSA) is 72.6 Å². The number of nitrogens with zero attached hydrogens (tertiary/aromatic N) is 1. The Morgan fingerprint density at radius 1 is 1.38 bits per heavy atom. The van der Waals surface area contributed by atoms with Gasteiger partial charge in [0.05, 0.1) is 10.5 Å². The summed E-state index contributed by atoms with van der Waals surface area (Å²) in [5.74, 6) is 0. The van der Waals surface area contributed by atoms with Crippen molar-refractivity contribution < 1.29 is 15.1 Å². The molecule has 0 fully saturated rings. The molecule has 0 saturated heterocycles. The summed E-state index contributed by atoms with van der Waals surface area (Å²) in [5.41, 5.74) is 0.471. The molecule has 16 heavy (non-hydrogen) atoms. The lowest BCUT2D eigenvalue weighted by molar-refractivity contribution is -0.384. The first kappa shape index (κ1) is 12.6. The van der Waals surface area contributed by atoms with Crippen molar-refractivity contribution in [3.63, 3.8) is 0 Å². The number of hydrogen-bond donors (Lipinski definition) is 1. The van der Waals surface area contributed by atoms with Crippen LogP contribution in [0.1, 0.15) is 25.8 Å². The summed E-state index contributed by atoms with van der Waals surface area (Å²) >= 11 is 0. The number of nitro benzene ring substituents is 1. The van der Waals surface area contributed by atoms with Crippen molar-refractivity contribution in [3.8, 4) is 0 Å². The van der Waals surface area contributed by atoms with Gasteiger partial charge in [-0.3, -0.25) is 15.4 Å². The average Bonchev–Trinajstić information content (AvgIpc) is 2.27. The Hall–Kier alpha value is -1.46. The summed E-state index contributed by atoms with van der Waals surface area (Å²) in [5, 5.41) is 19.0. The highest BCUT2D eigenvalue weighted by Gasteiger charge is 2.18. The maximum Gasteiger partial charge on any atom is 0.269 e. The van der Waals surface area contributed by atoms with Gasteiger partial charge >= 0.3 is 0 Å². The molecule has 0 atom stereocenters. The number of rotatable bonds is 5. The number of hydrogen-bond acceptors (Lipinski definition) is 4. The lowest BCUT2D eigenvalue weighted by Crippen LogP contribution is -2.23. The van der Waals surface area contributed by atoms with Crippen molar-refractivity contribution in [2.75, 3.05) is 0 Å². The van der Waals surface area contributed by atoms with Crippen LogP contribution in [-0.4, -0.2) is 15.8 Å². The second-order valence-electron chi connectivity index (χ2n) is 4.27.